The molecule has 0 saturated heterocycles. The predicted octanol–water partition coefficient (Wildman–Crippen LogP) is 4.29. The summed E-state index contributed by atoms with van der Waals surface area (Å²) in [6, 6.07) is 14.0. The van der Waals surface area contributed by atoms with Gasteiger partial charge in [0.1, 0.15) is 11.5 Å². The summed E-state index contributed by atoms with van der Waals surface area (Å²) in [5, 5.41) is 3.29. The number of aromatic nitrogens is 4. The number of imidazole rings is 2. The molecule has 0 saturated carbocycles. The fourth-order valence-corrected chi connectivity index (χ4v) is 3.73. The van der Waals surface area contributed by atoms with Gasteiger partial charge in [0.25, 0.3) is 0 Å². The van der Waals surface area contributed by atoms with E-state index in [1.165, 1.54) is 6.08 Å². The molecule has 6 nitrogen and oxygen atoms in total. The number of nitrogens with one attached hydrogen (secondary N) is 1. The molecular weight excluding hydrogens is 386 g/mol. The van der Waals surface area contributed by atoms with Gasteiger partial charge in [0, 0.05) is 31.3 Å². The van der Waals surface area contributed by atoms with E-state index in [0.717, 1.165) is 22.5 Å². The number of fused-ring (bicyclic) bond motifs is 2. The van der Waals surface area contributed by atoms with Gasteiger partial charge in [-0.25, -0.2) is 9.97 Å². The number of carbonyl (C=O) groups is 1. The van der Waals surface area contributed by atoms with Crippen LogP contribution in [0.3, 0.4) is 0 Å². The highest BCUT2D eigenvalue weighted by Gasteiger charge is 2.13. The minimum atomic E-state index is -0.181. The van der Waals surface area contributed by atoms with E-state index in [1.54, 1.807) is 6.08 Å². The SMILES string of the molecule is CC(C)n1c(CCNC(=O)C=Cc2c(Cl)nc3ccccn23)nc2ccccc21. The molecular formula is C22H22ClN5O. The van der Waals surface area contributed by atoms with Crippen LogP contribution in [0.4, 0.5) is 0 Å². The van der Waals surface area contributed by atoms with Crippen molar-refractivity contribution in [3.63, 3.8) is 0 Å². The Morgan fingerprint density at radius 2 is 1.97 bits per heavy atom. The predicted molar refractivity (Wildman–Crippen MR) is 116 cm³/mol. The summed E-state index contributed by atoms with van der Waals surface area (Å²) in [7, 11) is 0. The molecule has 0 spiro atoms. The van der Waals surface area contributed by atoms with Gasteiger partial charge in [0.15, 0.2) is 5.15 Å². The van der Waals surface area contributed by atoms with Crippen LogP contribution in [0, 0.1) is 0 Å². The summed E-state index contributed by atoms with van der Waals surface area (Å²) in [5.74, 6) is 0.787. The maximum atomic E-state index is 12.3. The van der Waals surface area contributed by atoms with Crippen LogP contribution in [0.2, 0.25) is 5.15 Å². The highest BCUT2D eigenvalue weighted by Crippen LogP contribution is 2.21. The molecule has 4 aromatic rings. The Hall–Kier alpha value is -3.12. The van der Waals surface area contributed by atoms with Gasteiger partial charge >= 0.3 is 0 Å². The number of amides is 1. The molecule has 29 heavy (non-hydrogen) atoms. The fraction of sp³-hybridized carbons (Fsp3) is 0.227. The third kappa shape index (κ3) is 3.89. The van der Waals surface area contributed by atoms with Gasteiger partial charge in [-0.15, -0.1) is 0 Å². The third-order valence-corrected chi connectivity index (χ3v) is 5.03. The van der Waals surface area contributed by atoms with E-state index in [2.05, 4.69) is 34.8 Å². The standard InChI is InChI=1S/C22H22ClN5O/c1-15(2)28-17-8-4-3-7-16(17)25-20(28)12-13-24-21(29)11-10-18-22(23)26-19-9-5-6-14-27(18)19/h3-11,14-15H,12-13H2,1-2H3,(H,24,29). The second kappa shape index (κ2) is 8.09. The zero-order valence-electron chi connectivity index (χ0n) is 16.3. The molecule has 0 aliphatic carbocycles. The Morgan fingerprint density at radius 3 is 2.79 bits per heavy atom. The molecule has 7 heteroatoms. The van der Waals surface area contributed by atoms with Gasteiger partial charge in [-0.1, -0.05) is 29.8 Å². The number of benzene rings is 1. The zero-order chi connectivity index (χ0) is 20.4. The zero-order valence-corrected chi connectivity index (χ0v) is 17.1. The number of carbonyl (C=O) groups excluding carboxylic acids is 1. The minimum absolute atomic E-state index is 0.181. The van der Waals surface area contributed by atoms with Crippen LogP contribution in [0.15, 0.2) is 54.7 Å². The van der Waals surface area contributed by atoms with Crippen LogP contribution >= 0.6 is 11.6 Å². The molecule has 1 N–H and O–H groups in total. The van der Waals surface area contributed by atoms with E-state index in [4.69, 9.17) is 16.6 Å². The van der Waals surface area contributed by atoms with Crippen LogP contribution in [0.5, 0.6) is 0 Å². The Kier molecular flexibility index (Phi) is 5.36. The number of pyridine rings is 1. The number of rotatable bonds is 6. The highest BCUT2D eigenvalue weighted by atomic mass is 35.5. The number of para-hydroxylation sites is 2. The van der Waals surface area contributed by atoms with Gasteiger partial charge < -0.3 is 9.88 Å². The summed E-state index contributed by atoms with van der Waals surface area (Å²) < 4.78 is 4.06. The smallest absolute Gasteiger partial charge is 0.244 e. The van der Waals surface area contributed by atoms with Crippen LogP contribution < -0.4 is 5.32 Å². The molecule has 3 aromatic heterocycles. The van der Waals surface area contributed by atoms with Gasteiger partial charge in [-0.3, -0.25) is 9.20 Å². The van der Waals surface area contributed by atoms with Gasteiger partial charge in [-0.05, 0) is 44.2 Å². The molecule has 0 unspecified atom stereocenters. The van der Waals surface area contributed by atoms with Crippen molar-refractivity contribution in [2.24, 2.45) is 0 Å². The number of halogens is 1. The quantitative estimate of drug-likeness (QED) is 0.485. The van der Waals surface area contributed by atoms with E-state index < -0.39 is 0 Å². The number of hydrogen-bond donors (Lipinski definition) is 1. The molecule has 0 atom stereocenters. The van der Waals surface area contributed by atoms with Crippen molar-refractivity contribution in [2.45, 2.75) is 26.3 Å². The lowest BCUT2D eigenvalue weighted by Gasteiger charge is -2.13. The lowest BCUT2D eigenvalue weighted by atomic mass is 10.3. The Bertz CT molecular complexity index is 1200. The van der Waals surface area contributed by atoms with Crippen molar-refractivity contribution in [1.29, 1.82) is 0 Å². The van der Waals surface area contributed by atoms with Crippen LogP contribution in [-0.2, 0) is 11.2 Å². The average molecular weight is 408 g/mol. The molecule has 0 aliphatic heterocycles. The van der Waals surface area contributed by atoms with Crippen molar-refractivity contribution >= 4 is 40.3 Å². The molecule has 4 rings (SSSR count). The largest absolute Gasteiger partial charge is 0.352 e. The Morgan fingerprint density at radius 1 is 1.17 bits per heavy atom. The van der Waals surface area contributed by atoms with E-state index in [0.29, 0.717) is 29.9 Å². The van der Waals surface area contributed by atoms with Crippen molar-refractivity contribution in [1.82, 2.24) is 24.3 Å². The van der Waals surface area contributed by atoms with Crippen LogP contribution in [0.1, 0.15) is 31.4 Å². The maximum absolute atomic E-state index is 12.3. The first kappa shape index (κ1) is 19.2. The highest BCUT2D eigenvalue weighted by molar-refractivity contribution is 6.31. The minimum Gasteiger partial charge on any atom is -0.352 e. The molecule has 0 aliphatic rings. The lowest BCUT2D eigenvalue weighted by molar-refractivity contribution is -0.116. The topological polar surface area (TPSA) is 64.2 Å². The van der Waals surface area contributed by atoms with Crippen molar-refractivity contribution in [2.75, 3.05) is 6.54 Å². The Balaban J connectivity index is 1.43. The Labute approximate surface area is 173 Å². The first-order valence-corrected chi connectivity index (χ1v) is 9.96. The molecule has 1 aromatic carbocycles. The van der Waals surface area contributed by atoms with Crippen molar-refractivity contribution < 1.29 is 4.79 Å². The lowest BCUT2D eigenvalue weighted by Crippen LogP contribution is -2.24. The number of nitrogens with zero attached hydrogens (tertiary/aromatic N) is 4. The van der Waals surface area contributed by atoms with Gasteiger partial charge in [0.2, 0.25) is 5.91 Å². The molecule has 0 bridgehead atoms. The second-order valence-electron chi connectivity index (χ2n) is 7.07. The van der Waals surface area contributed by atoms with Gasteiger partial charge in [-0.2, -0.15) is 0 Å². The average Bonchev–Trinajstić information content (AvgIpc) is 3.23. The fourth-order valence-electron chi connectivity index (χ4n) is 3.49. The van der Waals surface area contributed by atoms with E-state index >= 15 is 0 Å². The number of hydrogen-bond acceptors (Lipinski definition) is 3. The van der Waals surface area contributed by atoms with E-state index in [9.17, 15) is 4.79 Å². The summed E-state index contributed by atoms with van der Waals surface area (Å²) in [6.45, 7) is 4.78. The summed E-state index contributed by atoms with van der Waals surface area (Å²) in [6.07, 6.45) is 5.68. The molecule has 0 fully saturated rings. The van der Waals surface area contributed by atoms with Crippen LogP contribution in [-0.4, -0.2) is 31.4 Å². The summed E-state index contributed by atoms with van der Waals surface area (Å²) in [5.41, 5.74) is 3.51. The third-order valence-electron chi connectivity index (χ3n) is 4.75. The maximum Gasteiger partial charge on any atom is 0.244 e. The molecule has 148 valence electrons. The van der Waals surface area contributed by atoms with Crippen molar-refractivity contribution in [3.05, 3.63) is 71.4 Å². The van der Waals surface area contributed by atoms with E-state index in [-0.39, 0.29) is 5.91 Å². The summed E-state index contributed by atoms with van der Waals surface area (Å²) in [4.78, 5) is 21.3. The van der Waals surface area contributed by atoms with E-state index in [1.807, 2.05) is 47.0 Å². The first-order valence-electron chi connectivity index (χ1n) is 9.59. The van der Waals surface area contributed by atoms with Gasteiger partial charge in [0.05, 0.1) is 16.7 Å². The van der Waals surface area contributed by atoms with Crippen LogP contribution in [0.25, 0.3) is 22.8 Å². The normalized spacial score (nSPS) is 11.9. The second-order valence-corrected chi connectivity index (χ2v) is 7.43. The molecule has 3 heterocycles. The summed E-state index contributed by atoms with van der Waals surface area (Å²) >= 11 is 6.20. The van der Waals surface area contributed by atoms with Crippen molar-refractivity contribution in [3.8, 4) is 0 Å². The molecule has 0 radical (unpaired) electrons. The first-order chi connectivity index (χ1) is 14.0. The molecule has 1 amide bonds. The monoisotopic (exact) mass is 407 g/mol.